The Morgan fingerprint density at radius 1 is 1.25 bits per heavy atom. The number of rotatable bonds is 4. The van der Waals surface area contributed by atoms with Gasteiger partial charge in [-0.1, -0.05) is 24.3 Å². The van der Waals surface area contributed by atoms with E-state index in [9.17, 15) is 5.11 Å². The SMILES string of the molecule is Cc1ccccc1[C@]1(O)CCN(Cc2ccc(-c3ccn[nH]3)s2)C1. The molecule has 4 nitrogen and oxygen atoms in total. The van der Waals surface area contributed by atoms with Crippen molar-refractivity contribution < 1.29 is 5.11 Å². The predicted octanol–water partition coefficient (Wildman–Crippen LogP) is 3.54. The highest BCUT2D eigenvalue weighted by molar-refractivity contribution is 7.15. The first-order valence-electron chi connectivity index (χ1n) is 8.23. The van der Waals surface area contributed by atoms with Crippen molar-refractivity contribution in [1.29, 1.82) is 0 Å². The number of aromatic nitrogens is 2. The van der Waals surface area contributed by atoms with Gasteiger partial charge in [0.1, 0.15) is 5.60 Å². The molecular formula is C19H21N3OS. The summed E-state index contributed by atoms with van der Waals surface area (Å²) in [5.74, 6) is 0. The topological polar surface area (TPSA) is 52.1 Å². The lowest BCUT2D eigenvalue weighted by Crippen LogP contribution is -2.31. The van der Waals surface area contributed by atoms with E-state index < -0.39 is 5.60 Å². The number of benzene rings is 1. The fraction of sp³-hybridized carbons (Fsp3) is 0.316. The van der Waals surface area contributed by atoms with Crippen molar-refractivity contribution in [1.82, 2.24) is 15.1 Å². The van der Waals surface area contributed by atoms with E-state index in [-0.39, 0.29) is 0 Å². The normalized spacial score (nSPS) is 21.4. The lowest BCUT2D eigenvalue weighted by Gasteiger charge is -2.25. The third-order valence-electron chi connectivity index (χ3n) is 4.78. The second kappa shape index (κ2) is 6.16. The first-order chi connectivity index (χ1) is 11.6. The van der Waals surface area contributed by atoms with E-state index >= 15 is 0 Å². The van der Waals surface area contributed by atoms with E-state index in [1.807, 2.05) is 18.2 Å². The molecule has 3 aromatic rings. The maximum atomic E-state index is 11.1. The van der Waals surface area contributed by atoms with Crippen molar-refractivity contribution in [3.8, 4) is 10.6 Å². The van der Waals surface area contributed by atoms with Crippen LogP contribution in [0.25, 0.3) is 10.6 Å². The van der Waals surface area contributed by atoms with Crippen molar-refractivity contribution in [2.24, 2.45) is 0 Å². The number of hydrogen-bond donors (Lipinski definition) is 2. The van der Waals surface area contributed by atoms with Crippen molar-refractivity contribution >= 4 is 11.3 Å². The molecule has 1 saturated heterocycles. The summed E-state index contributed by atoms with van der Waals surface area (Å²) in [6.45, 7) is 4.57. The molecule has 0 unspecified atom stereocenters. The van der Waals surface area contributed by atoms with Crippen LogP contribution in [0.3, 0.4) is 0 Å². The van der Waals surface area contributed by atoms with Gasteiger partial charge in [0.25, 0.3) is 0 Å². The third-order valence-corrected chi connectivity index (χ3v) is 5.88. The lowest BCUT2D eigenvalue weighted by molar-refractivity contribution is 0.0448. The monoisotopic (exact) mass is 339 g/mol. The Labute approximate surface area is 145 Å². The van der Waals surface area contributed by atoms with Crippen molar-refractivity contribution in [2.75, 3.05) is 13.1 Å². The van der Waals surface area contributed by atoms with Crippen LogP contribution in [0.2, 0.25) is 0 Å². The van der Waals surface area contributed by atoms with Crippen LogP contribution in [-0.2, 0) is 12.1 Å². The van der Waals surface area contributed by atoms with Crippen LogP contribution in [-0.4, -0.2) is 33.3 Å². The van der Waals surface area contributed by atoms with Crippen molar-refractivity contribution in [3.63, 3.8) is 0 Å². The number of aromatic amines is 1. The predicted molar refractivity (Wildman–Crippen MR) is 96.9 cm³/mol. The van der Waals surface area contributed by atoms with Gasteiger partial charge in [-0.15, -0.1) is 11.3 Å². The molecule has 0 aliphatic carbocycles. The zero-order valence-corrected chi connectivity index (χ0v) is 14.5. The number of aryl methyl sites for hydroxylation is 1. The number of nitrogens with one attached hydrogen (secondary N) is 1. The van der Waals surface area contributed by atoms with Crippen molar-refractivity contribution in [2.45, 2.75) is 25.5 Å². The molecule has 0 radical (unpaired) electrons. The molecule has 0 spiro atoms. The third kappa shape index (κ3) is 2.90. The van der Waals surface area contributed by atoms with Gasteiger partial charge in [-0.3, -0.25) is 10.00 Å². The smallest absolute Gasteiger partial charge is 0.104 e. The number of thiophene rings is 1. The zero-order chi connectivity index (χ0) is 16.6. The van der Waals surface area contributed by atoms with Crippen LogP contribution < -0.4 is 0 Å². The molecule has 1 aliphatic heterocycles. The standard InChI is InChI=1S/C19H21N3OS/c1-14-4-2-3-5-16(14)19(23)9-11-22(13-19)12-15-6-7-18(24-15)17-8-10-20-21-17/h2-8,10,23H,9,11-13H2,1H3,(H,20,21)/t19-/m0/s1. The van der Waals surface area contributed by atoms with Gasteiger partial charge < -0.3 is 5.11 Å². The highest BCUT2D eigenvalue weighted by atomic mass is 32.1. The molecule has 24 heavy (non-hydrogen) atoms. The molecular weight excluding hydrogens is 318 g/mol. The van der Waals surface area contributed by atoms with Crippen LogP contribution >= 0.6 is 11.3 Å². The molecule has 4 rings (SSSR count). The molecule has 1 aromatic carbocycles. The molecule has 2 N–H and O–H groups in total. The van der Waals surface area contributed by atoms with Gasteiger partial charge in [0, 0.05) is 30.7 Å². The van der Waals surface area contributed by atoms with E-state index in [0.29, 0.717) is 6.54 Å². The summed E-state index contributed by atoms with van der Waals surface area (Å²) in [6.07, 6.45) is 2.56. The zero-order valence-electron chi connectivity index (χ0n) is 13.7. The Kier molecular flexibility index (Phi) is 4.00. The van der Waals surface area contributed by atoms with Crippen LogP contribution in [0.4, 0.5) is 0 Å². The summed E-state index contributed by atoms with van der Waals surface area (Å²) in [7, 11) is 0. The minimum Gasteiger partial charge on any atom is -0.384 e. The van der Waals surface area contributed by atoms with Crippen LogP contribution in [0.5, 0.6) is 0 Å². The Bertz CT molecular complexity index is 827. The molecule has 0 saturated carbocycles. The summed E-state index contributed by atoms with van der Waals surface area (Å²) in [5.41, 5.74) is 2.56. The number of hydrogen-bond acceptors (Lipinski definition) is 4. The maximum Gasteiger partial charge on any atom is 0.104 e. The van der Waals surface area contributed by atoms with Gasteiger partial charge in [-0.25, -0.2) is 0 Å². The van der Waals surface area contributed by atoms with E-state index in [1.165, 1.54) is 15.3 Å². The van der Waals surface area contributed by atoms with E-state index in [4.69, 9.17) is 0 Å². The number of H-pyrrole nitrogens is 1. The lowest BCUT2D eigenvalue weighted by atomic mass is 9.89. The van der Waals surface area contributed by atoms with E-state index in [0.717, 1.165) is 30.8 Å². The van der Waals surface area contributed by atoms with Gasteiger partial charge in [0.2, 0.25) is 0 Å². The molecule has 1 atom stereocenters. The van der Waals surface area contributed by atoms with Gasteiger partial charge in [0.15, 0.2) is 0 Å². The first kappa shape index (κ1) is 15.6. The Morgan fingerprint density at radius 3 is 2.92 bits per heavy atom. The molecule has 5 heteroatoms. The van der Waals surface area contributed by atoms with E-state index in [2.05, 4.69) is 46.3 Å². The average Bonchev–Trinajstić information content (AvgIpc) is 3.29. The summed E-state index contributed by atoms with van der Waals surface area (Å²) in [4.78, 5) is 4.86. The molecule has 3 heterocycles. The van der Waals surface area contributed by atoms with Crippen LogP contribution in [0.15, 0.2) is 48.7 Å². The summed E-state index contributed by atoms with van der Waals surface area (Å²) in [5, 5.41) is 18.1. The minimum absolute atomic E-state index is 0.690. The van der Waals surface area contributed by atoms with Crippen LogP contribution in [0.1, 0.15) is 22.4 Å². The maximum absolute atomic E-state index is 11.1. The van der Waals surface area contributed by atoms with Crippen LogP contribution in [0, 0.1) is 6.92 Å². The minimum atomic E-state index is -0.727. The van der Waals surface area contributed by atoms with Crippen molar-refractivity contribution in [3.05, 3.63) is 64.7 Å². The average molecular weight is 339 g/mol. The summed E-state index contributed by atoms with van der Waals surface area (Å²) < 4.78 is 0. The Morgan fingerprint density at radius 2 is 2.12 bits per heavy atom. The largest absolute Gasteiger partial charge is 0.384 e. The van der Waals surface area contributed by atoms with Gasteiger partial charge in [-0.2, -0.15) is 5.10 Å². The van der Waals surface area contributed by atoms with Gasteiger partial charge in [-0.05, 0) is 42.7 Å². The molecule has 1 aliphatic rings. The molecule has 0 bridgehead atoms. The first-order valence-corrected chi connectivity index (χ1v) is 9.05. The molecule has 124 valence electrons. The Balaban J connectivity index is 1.47. The second-order valence-corrected chi connectivity index (χ2v) is 7.71. The highest BCUT2D eigenvalue weighted by Gasteiger charge is 2.38. The quantitative estimate of drug-likeness (QED) is 0.764. The molecule has 2 aromatic heterocycles. The number of likely N-dealkylation sites (tertiary alicyclic amines) is 1. The van der Waals surface area contributed by atoms with E-state index in [1.54, 1.807) is 17.5 Å². The number of nitrogens with zero attached hydrogens (tertiary/aromatic N) is 2. The number of aliphatic hydroxyl groups is 1. The Hall–Kier alpha value is -1.95. The van der Waals surface area contributed by atoms with Gasteiger partial charge >= 0.3 is 0 Å². The molecule has 0 amide bonds. The second-order valence-electron chi connectivity index (χ2n) is 6.54. The van der Waals surface area contributed by atoms with Gasteiger partial charge in [0.05, 0.1) is 10.6 Å². The summed E-state index contributed by atoms with van der Waals surface area (Å²) in [6, 6.07) is 14.5. The fourth-order valence-electron chi connectivity index (χ4n) is 3.54. The fourth-order valence-corrected chi connectivity index (χ4v) is 4.57. The highest BCUT2D eigenvalue weighted by Crippen LogP contribution is 2.35. The summed E-state index contributed by atoms with van der Waals surface area (Å²) >= 11 is 1.78. The molecule has 1 fully saturated rings. The number of β-amino-alcohol motifs (C(OH)–C–C–N with tert-alkyl or cyclic N) is 1.